The lowest BCUT2D eigenvalue weighted by molar-refractivity contribution is -0.132. The normalized spacial score (nSPS) is 19.3. The third-order valence-corrected chi connectivity index (χ3v) is 3.36. The van der Waals surface area contributed by atoms with Crippen LogP contribution >= 0.6 is 0 Å². The van der Waals surface area contributed by atoms with E-state index in [1.807, 2.05) is 19.1 Å². The fourth-order valence-electron chi connectivity index (χ4n) is 2.28. The van der Waals surface area contributed by atoms with Crippen molar-refractivity contribution in [3.63, 3.8) is 0 Å². The fraction of sp³-hybridized carbons (Fsp3) is 0.467. The Balaban J connectivity index is 2.04. The number of hydrogen-bond acceptors (Lipinski definition) is 4. The van der Waals surface area contributed by atoms with Gasteiger partial charge in [0.05, 0.1) is 24.8 Å². The molecule has 1 aliphatic rings. The lowest BCUT2D eigenvalue weighted by atomic mass is 10.1. The van der Waals surface area contributed by atoms with Gasteiger partial charge in [-0.1, -0.05) is 12.1 Å². The molecule has 0 aliphatic carbocycles. The summed E-state index contributed by atoms with van der Waals surface area (Å²) in [5, 5.41) is 11.6. The van der Waals surface area contributed by atoms with Gasteiger partial charge in [0, 0.05) is 19.6 Å². The first-order valence-corrected chi connectivity index (χ1v) is 6.83. The molecule has 1 aromatic rings. The molecule has 0 radical (unpaired) electrons. The average Bonchev–Trinajstić information content (AvgIpc) is 2.49. The van der Waals surface area contributed by atoms with E-state index in [4.69, 9.17) is 10.00 Å². The van der Waals surface area contributed by atoms with E-state index in [-0.39, 0.29) is 11.9 Å². The molecule has 0 aromatic heterocycles. The second-order valence-corrected chi connectivity index (χ2v) is 4.76. The zero-order valence-electron chi connectivity index (χ0n) is 11.6. The molecule has 0 spiro atoms. The standard InChI is InChI=1S/C15H19N3O2/c1-2-17-15(19)14-11-20-8-7-18(14)10-13-5-3-12(9-16)4-6-13/h3-6,14H,2,7-8,10-11H2,1H3,(H,17,19). The number of hydrogen-bond donors (Lipinski definition) is 1. The maximum atomic E-state index is 12.0. The highest BCUT2D eigenvalue weighted by molar-refractivity contribution is 5.81. The highest BCUT2D eigenvalue weighted by Gasteiger charge is 2.28. The number of amides is 1. The van der Waals surface area contributed by atoms with Crippen LogP contribution in [-0.4, -0.2) is 43.2 Å². The lowest BCUT2D eigenvalue weighted by Crippen LogP contribution is -2.53. The summed E-state index contributed by atoms with van der Waals surface area (Å²) in [7, 11) is 0. The summed E-state index contributed by atoms with van der Waals surface area (Å²) in [6.07, 6.45) is 0. The number of morpholine rings is 1. The first-order valence-electron chi connectivity index (χ1n) is 6.83. The molecule has 0 bridgehead atoms. The Labute approximate surface area is 119 Å². The topological polar surface area (TPSA) is 65.4 Å². The van der Waals surface area contributed by atoms with Gasteiger partial charge in [-0.25, -0.2) is 0 Å². The van der Waals surface area contributed by atoms with Crippen molar-refractivity contribution in [1.82, 2.24) is 10.2 Å². The van der Waals surface area contributed by atoms with Gasteiger partial charge in [-0.3, -0.25) is 9.69 Å². The Kier molecular flexibility index (Phi) is 5.10. The van der Waals surface area contributed by atoms with E-state index < -0.39 is 0 Å². The number of nitrogens with one attached hydrogen (secondary N) is 1. The average molecular weight is 273 g/mol. The minimum absolute atomic E-state index is 0.0147. The molecule has 20 heavy (non-hydrogen) atoms. The van der Waals surface area contributed by atoms with Crippen molar-refractivity contribution >= 4 is 5.91 Å². The molecule has 1 unspecified atom stereocenters. The minimum Gasteiger partial charge on any atom is -0.378 e. The number of ether oxygens (including phenoxy) is 1. The number of nitriles is 1. The zero-order chi connectivity index (χ0) is 14.4. The second-order valence-electron chi connectivity index (χ2n) is 4.76. The van der Waals surface area contributed by atoms with E-state index in [0.717, 1.165) is 12.1 Å². The smallest absolute Gasteiger partial charge is 0.239 e. The Morgan fingerprint density at radius 1 is 1.50 bits per heavy atom. The molecule has 1 aromatic carbocycles. The van der Waals surface area contributed by atoms with E-state index in [9.17, 15) is 4.79 Å². The van der Waals surface area contributed by atoms with Gasteiger partial charge < -0.3 is 10.1 Å². The predicted octanol–water partition coefficient (Wildman–Crippen LogP) is 0.895. The van der Waals surface area contributed by atoms with Gasteiger partial charge in [-0.2, -0.15) is 5.26 Å². The van der Waals surface area contributed by atoms with Crippen LogP contribution in [-0.2, 0) is 16.1 Å². The molecular weight excluding hydrogens is 254 g/mol. The number of carbonyl (C=O) groups excluding carboxylic acids is 1. The molecule has 1 amide bonds. The summed E-state index contributed by atoms with van der Waals surface area (Å²) in [6, 6.07) is 9.34. The summed E-state index contributed by atoms with van der Waals surface area (Å²) in [5.74, 6) is 0.0147. The highest BCUT2D eigenvalue weighted by atomic mass is 16.5. The van der Waals surface area contributed by atoms with Crippen molar-refractivity contribution < 1.29 is 9.53 Å². The SMILES string of the molecule is CCNC(=O)C1COCCN1Cc1ccc(C#N)cc1. The molecule has 5 nitrogen and oxygen atoms in total. The maximum Gasteiger partial charge on any atom is 0.239 e. The Morgan fingerprint density at radius 3 is 2.90 bits per heavy atom. The highest BCUT2D eigenvalue weighted by Crippen LogP contribution is 2.13. The van der Waals surface area contributed by atoms with E-state index in [1.54, 1.807) is 12.1 Å². The van der Waals surface area contributed by atoms with Crippen LogP contribution in [0.1, 0.15) is 18.1 Å². The van der Waals surface area contributed by atoms with E-state index in [1.165, 1.54) is 0 Å². The molecule has 1 fully saturated rings. The largest absolute Gasteiger partial charge is 0.378 e. The van der Waals surface area contributed by atoms with Crippen molar-refractivity contribution in [3.05, 3.63) is 35.4 Å². The monoisotopic (exact) mass is 273 g/mol. The van der Waals surface area contributed by atoms with Crippen molar-refractivity contribution in [2.75, 3.05) is 26.3 Å². The number of carbonyl (C=O) groups is 1. The summed E-state index contributed by atoms with van der Waals surface area (Å²) in [6.45, 7) is 5.04. The third kappa shape index (κ3) is 3.56. The summed E-state index contributed by atoms with van der Waals surface area (Å²) in [4.78, 5) is 14.1. The minimum atomic E-state index is -0.237. The summed E-state index contributed by atoms with van der Waals surface area (Å²) < 4.78 is 5.41. The van der Waals surface area contributed by atoms with Crippen LogP contribution in [0.15, 0.2) is 24.3 Å². The van der Waals surface area contributed by atoms with Gasteiger partial charge in [0.15, 0.2) is 0 Å². The molecule has 1 aliphatic heterocycles. The van der Waals surface area contributed by atoms with Crippen LogP contribution < -0.4 is 5.32 Å². The molecule has 1 saturated heterocycles. The second kappa shape index (κ2) is 7.04. The van der Waals surface area contributed by atoms with Crippen LogP contribution in [0, 0.1) is 11.3 Å². The van der Waals surface area contributed by atoms with Gasteiger partial charge in [0.2, 0.25) is 5.91 Å². The van der Waals surface area contributed by atoms with E-state index >= 15 is 0 Å². The molecule has 2 rings (SSSR count). The predicted molar refractivity (Wildman–Crippen MR) is 74.9 cm³/mol. The molecule has 1 atom stereocenters. The van der Waals surface area contributed by atoms with Crippen molar-refractivity contribution in [2.24, 2.45) is 0 Å². The Bertz CT molecular complexity index is 493. The Hall–Kier alpha value is -1.90. The quantitative estimate of drug-likeness (QED) is 0.885. The first kappa shape index (κ1) is 14.5. The lowest BCUT2D eigenvalue weighted by Gasteiger charge is -2.34. The van der Waals surface area contributed by atoms with Crippen LogP contribution in [0.5, 0.6) is 0 Å². The van der Waals surface area contributed by atoms with Gasteiger partial charge in [0.1, 0.15) is 6.04 Å². The van der Waals surface area contributed by atoms with Gasteiger partial charge in [-0.15, -0.1) is 0 Å². The van der Waals surface area contributed by atoms with Crippen LogP contribution in [0.4, 0.5) is 0 Å². The van der Waals surface area contributed by atoms with Gasteiger partial charge >= 0.3 is 0 Å². The zero-order valence-corrected chi connectivity index (χ0v) is 11.6. The van der Waals surface area contributed by atoms with Crippen molar-refractivity contribution in [3.8, 4) is 6.07 Å². The van der Waals surface area contributed by atoms with E-state index in [0.29, 0.717) is 31.9 Å². The third-order valence-electron chi connectivity index (χ3n) is 3.36. The van der Waals surface area contributed by atoms with Crippen LogP contribution in [0.3, 0.4) is 0 Å². The van der Waals surface area contributed by atoms with Crippen LogP contribution in [0.25, 0.3) is 0 Å². The molecule has 1 heterocycles. The first-order chi connectivity index (χ1) is 9.74. The molecular formula is C15H19N3O2. The number of rotatable bonds is 4. The summed E-state index contributed by atoms with van der Waals surface area (Å²) >= 11 is 0. The van der Waals surface area contributed by atoms with Gasteiger partial charge in [-0.05, 0) is 24.6 Å². The molecule has 1 N–H and O–H groups in total. The summed E-state index contributed by atoms with van der Waals surface area (Å²) in [5.41, 5.74) is 1.75. The van der Waals surface area contributed by atoms with Gasteiger partial charge in [0.25, 0.3) is 0 Å². The van der Waals surface area contributed by atoms with Crippen LogP contribution in [0.2, 0.25) is 0 Å². The Morgan fingerprint density at radius 2 is 2.25 bits per heavy atom. The number of likely N-dealkylation sites (N-methyl/N-ethyl adjacent to an activating group) is 1. The molecule has 0 saturated carbocycles. The van der Waals surface area contributed by atoms with E-state index in [2.05, 4.69) is 16.3 Å². The number of nitrogens with zero attached hydrogens (tertiary/aromatic N) is 2. The number of benzene rings is 1. The van der Waals surface area contributed by atoms with Crippen molar-refractivity contribution in [2.45, 2.75) is 19.5 Å². The maximum absolute atomic E-state index is 12.0. The fourth-order valence-corrected chi connectivity index (χ4v) is 2.28. The van der Waals surface area contributed by atoms with Crippen molar-refractivity contribution in [1.29, 1.82) is 5.26 Å². The molecule has 5 heteroatoms. The molecule has 106 valence electrons.